The SMILES string of the molecule is CCn1cncc1CNc1ccc(Cl)c(C(=O)O)c1. The zero-order chi connectivity index (χ0) is 13.8. The fraction of sp³-hybridized carbons (Fsp3) is 0.231. The predicted molar refractivity (Wildman–Crippen MR) is 73.6 cm³/mol. The monoisotopic (exact) mass is 279 g/mol. The van der Waals surface area contributed by atoms with Gasteiger partial charge in [-0.25, -0.2) is 9.78 Å². The highest BCUT2D eigenvalue weighted by Crippen LogP contribution is 2.21. The van der Waals surface area contributed by atoms with Crippen molar-refractivity contribution in [2.24, 2.45) is 0 Å². The third-order valence-electron chi connectivity index (χ3n) is 2.81. The molecule has 1 aromatic carbocycles. The molecule has 0 unspecified atom stereocenters. The summed E-state index contributed by atoms with van der Waals surface area (Å²) in [4.78, 5) is 15.1. The highest BCUT2D eigenvalue weighted by Gasteiger charge is 2.09. The minimum absolute atomic E-state index is 0.0932. The molecule has 0 fully saturated rings. The van der Waals surface area contributed by atoms with Crippen molar-refractivity contribution in [3.8, 4) is 0 Å². The van der Waals surface area contributed by atoms with Gasteiger partial charge in [-0.2, -0.15) is 0 Å². The van der Waals surface area contributed by atoms with E-state index < -0.39 is 5.97 Å². The van der Waals surface area contributed by atoms with Crippen LogP contribution in [0, 0.1) is 0 Å². The van der Waals surface area contributed by atoms with Gasteiger partial charge in [-0.15, -0.1) is 0 Å². The number of benzene rings is 1. The molecule has 0 saturated carbocycles. The lowest BCUT2D eigenvalue weighted by Crippen LogP contribution is -2.07. The second-order valence-electron chi connectivity index (χ2n) is 4.02. The van der Waals surface area contributed by atoms with Crippen LogP contribution < -0.4 is 5.32 Å². The second-order valence-corrected chi connectivity index (χ2v) is 4.43. The standard InChI is InChI=1S/C13H14ClN3O2/c1-2-17-8-15-6-10(17)7-16-9-3-4-12(14)11(5-9)13(18)19/h3-6,8,16H,2,7H2,1H3,(H,18,19). The van der Waals surface area contributed by atoms with E-state index in [1.165, 1.54) is 6.07 Å². The van der Waals surface area contributed by atoms with E-state index in [9.17, 15) is 4.79 Å². The summed E-state index contributed by atoms with van der Waals surface area (Å²) in [6, 6.07) is 4.85. The Labute approximate surface area is 115 Å². The minimum Gasteiger partial charge on any atom is -0.478 e. The molecule has 0 atom stereocenters. The summed E-state index contributed by atoms with van der Waals surface area (Å²) in [6.45, 7) is 3.46. The lowest BCUT2D eigenvalue weighted by atomic mass is 10.2. The summed E-state index contributed by atoms with van der Waals surface area (Å²) in [5.41, 5.74) is 1.84. The zero-order valence-electron chi connectivity index (χ0n) is 10.4. The van der Waals surface area contributed by atoms with Crippen molar-refractivity contribution in [2.75, 3.05) is 5.32 Å². The van der Waals surface area contributed by atoms with Crippen LogP contribution in [-0.4, -0.2) is 20.6 Å². The van der Waals surface area contributed by atoms with E-state index in [0.29, 0.717) is 12.2 Å². The first-order chi connectivity index (χ1) is 9.11. The quantitative estimate of drug-likeness (QED) is 0.883. The largest absolute Gasteiger partial charge is 0.478 e. The number of aromatic carboxylic acids is 1. The Morgan fingerprint density at radius 1 is 1.53 bits per heavy atom. The number of aryl methyl sites for hydroxylation is 1. The molecule has 0 bridgehead atoms. The van der Waals surface area contributed by atoms with Gasteiger partial charge in [-0.05, 0) is 25.1 Å². The number of carboxylic acids is 1. The van der Waals surface area contributed by atoms with E-state index in [1.54, 1.807) is 24.7 Å². The van der Waals surface area contributed by atoms with Gasteiger partial charge in [0, 0.05) is 18.4 Å². The normalized spacial score (nSPS) is 10.4. The minimum atomic E-state index is -1.03. The number of carboxylic acid groups (broad SMARTS) is 1. The molecule has 2 N–H and O–H groups in total. The van der Waals surface area contributed by atoms with Crippen LogP contribution in [0.4, 0.5) is 5.69 Å². The van der Waals surface area contributed by atoms with Crippen molar-refractivity contribution in [2.45, 2.75) is 20.0 Å². The molecule has 0 amide bonds. The summed E-state index contributed by atoms with van der Waals surface area (Å²) in [6.07, 6.45) is 3.55. The van der Waals surface area contributed by atoms with Crippen molar-refractivity contribution >= 4 is 23.3 Å². The molecule has 2 rings (SSSR count). The number of hydrogen-bond donors (Lipinski definition) is 2. The first kappa shape index (κ1) is 13.4. The van der Waals surface area contributed by atoms with Gasteiger partial charge in [-0.1, -0.05) is 11.6 Å². The van der Waals surface area contributed by atoms with Crippen LogP contribution in [0.5, 0.6) is 0 Å². The van der Waals surface area contributed by atoms with Crippen LogP contribution in [0.15, 0.2) is 30.7 Å². The van der Waals surface area contributed by atoms with Crippen molar-refractivity contribution in [3.63, 3.8) is 0 Å². The van der Waals surface area contributed by atoms with E-state index >= 15 is 0 Å². The molecule has 0 spiro atoms. The molecule has 19 heavy (non-hydrogen) atoms. The first-order valence-electron chi connectivity index (χ1n) is 5.87. The molecule has 2 aromatic rings. The fourth-order valence-electron chi connectivity index (χ4n) is 1.77. The summed E-state index contributed by atoms with van der Waals surface area (Å²) < 4.78 is 2.01. The van der Waals surface area contributed by atoms with Gasteiger partial charge in [0.05, 0.1) is 29.2 Å². The predicted octanol–water partition coefficient (Wildman–Crippen LogP) is 2.87. The molecule has 0 aliphatic carbocycles. The molecule has 6 heteroatoms. The van der Waals surface area contributed by atoms with Crippen LogP contribution in [0.25, 0.3) is 0 Å². The van der Waals surface area contributed by atoms with E-state index in [-0.39, 0.29) is 10.6 Å². The maximum atomic E-state index is 11.0. The number of anilines is 1. The van der Waals surface area contributed by atoms with E-state index in [2.05, 4.69) is 10.3 Å². The van der Waals surface area contributed by atoms with Crippen molar-refractivity contribution in [1.29, 1.82) is 0 Å². The number of carbonyl (C=O) groups is 1. The topological polar surface area (TPSA) is 67.2 Å². The molecular formula is C13H14ClN3O2. The smallest absolute Gasteiger partial charge is 0.337 e. The third-order valence-corrected chi connectivity index (χ3v) is 3.14. The van der Waals surface area contributed by atoms with Crippen LogP contribution >= 0.6 is 11.6 Å². The first-order valence-corrected chi connectivity index (χ1v) is 6.25. The van der Waals surface area contributed by atoms with Crippen LogP contribution in [0.1, 0.15) is 23.0 Å². The number of rotatable bonds is 5. The van der Waals surface area contributed by atoms with Gasteiger partial charge in [0.1, 0.15) is 0 Å². The molecule has 0 saturated heterocycles. The van der Waals surface area contributed by atoms with E-state index in [4.69, 9.17) is 16.7 Å². The maximum absolute atomic E-state index is 11.0. The summed E-state index contributed by atoms with van der Waals surface area (Å²) in [5.74, 6) is -1.03. The molecule has 1 heterocycles. The summed E-state index contributed by atoms with van der Waals surface area (Å²) >= 11 is 5.82. The number of hydrogen-bond acceptors (Lipinski definition) is 3. The molecule has 5 nitrogen and oxygen atoms in total. The number of nitrogens with one attached hydrogen (secondary N) is 1. The Morgan fingerprint density at radius 2 is 2.32 bits per heavy atom. The Morgan fingerprint density at radius 3 is 3.00 bits per heavy atom. The van der Waals surface area contributed by atoms with Crippen LogP contribution in [0.2, 0.25) is 5.02 Å². The van der Waals surface area contributed by atoms with Gasteiger partial charge in [-0.3, -0.25) is 0 Å². The van der Waals surface area contributed by atoms with Gasteiger partial charge in [0.15, 0.2) is 0 Å². The number of halogens is 1. The zero-order valence-corrected chi connectivity index (χ0v) is 11.2. The average Bonchev–Trinajstić information content (AvgIpc) is 2.84. The molecule has 0 aliphatic rings. The van der Waals surface area contributed by atoms with Gasteiger partial charge >= 0.3 is 5.97 Å². The maximum Gasteiger partial charge on any atom is 0.337 e. The average molecular weight is 280 g/mol. The number of imidazole rings is 1. The van der Waals surface area contributed by atoms with Crippen molar-refractivity contribution in [1.82, 2.24) is 9.55 Å². The number of nitrogens with zero attached hydrogens (tertiary/aromatic N) is 2. The van der Waals surface area contributed by atoms with Gasteiger partial charge < -0.3 is 15.0 Å². The Kier molecular flexibility index (Phi) is 4.06. The highest BCUT2D eigenvalue weighted by molar-refractivity contribution is 6.33. The van der Waals surface area contributed by atoms with Gasteiger partial charge in [0.2, 0.25) is 0 Å². The molecule has 100 valence electrons. The molecule has 0 aliphatic heterocycles. The summed E-state index contributed by atoms with van der Waals surface area (Å²) in [7, 11) is 0. The highest BCUT2D eigenvalue weighted by atomic mass is 35.5. The lowest BCUT2D eigenvalue weighted by molar-refractivity contribution is 0.0697. The Balaban J connectivity index is 2.12. The third kappa shape index (κ3) is 3.06. The van der Waals surface area contributed by atoms with E-state index in [1.807, 2.05) is 11.5 Å². The fourth-order valence-corrected chi connectivity index (χ4v) is 1.97. The molecule has 1 aromatic heterocycles. The lowest BCUT2D eigenvalue weighted by Gasteiger charge is -2.09. The molecule has 0 radical (unpaired) electrons. The van der Waals surface area contributed by atoms with E-state index in [0.717, 1.165) is 12.2 Å². The summed E-state index contributed by atoms with van der Waals surface area (Å²) in [5, 5.41) is 12.4. The van der Waals surface area contributed by atoms with Crippen LogP contribution in [0.3, 0.4) is 0 Å². The van der Waals surface area contributed by atoms with Crippen molar-refractivity contribution < 1.29 is 9.90 Å². The van der Waals surface area contributed by atoms with Gasteiger partial charge in [0.25, 0.3) is 0 Å². The Hall–Kier alpha value is -2.01. The Bertz CT molecular complexity index is 595. The van der Waals surface area contributed by atoms with Crippen molar-refractivity contribution in [3.05, 3.63) is 47.0 Å². The second kappa shape index (κ2) is 5.75. The van der Waals surface area contributed by atoms with Crippen LogP contribution in [-0.2, 0) is 13.1 Å². The molecular weight excluding hydrogens is 266 g/mol. The number of aromatic nitrogens is 2.